The summed E-state index contributed by atoms with van der Waals surface area (Å²) in [7, 11) is 0. The van der Waals surface area contributed by atoms with Crippen LogP contribution in [0, 0.1) is 10.1 Å². The molecule has 0 bridgehead atoms. The zero-order chi connectivity index (χ0) is 31.7. The zero-order valence-corrected chi connectivity index (χ0v) is 25.6. The van der Waals surface area contributed by atoms with Crippen LogP contribution in [0.2, 0.25) is 5.02 Å². The van der Waals surface area contributed by atoms with Gasteiger partial charge in [0, 0.05) is 22.9 Å². The van der Waals surface area contributed by atoms with Crippen molar-refractivity contribution < 1.29 is 18.9 Å². The highest BCUT2D eigenvalue weighted by Gasteiger charge is 2.32. The molecular formula is C33H25ClN4O6S. The number of fused-ring (bicyclic) bond motifs is 1. The van der Waals surface area contributed by atoms with Crippen molar-refractivity contribution in [3.05, 3.63) is 142 Å². The molecule has 0 saturated heterocycles. The van der Waals surface area contributed by atoms with E-state index in [9.17, 15) is 19.7 Å². The first-order valence-electron chi connectivity index (χ1n) is 13.9. The minimum Gasteiger partial charge on any atom is -0.494 e. The number of amides is 1. The third-order valence-electron chi connectivity index (χ3n) is 7.13. The molecule has 1 aliphatic rings. The summed E-state index contributed by atoms with van der Waals surface area (Å²) in [4.78, 5) is 43.9. The Kier molecular flexibility index (Phi) is 8.20. The number of nitrogens with one attached hydrogen (secondary N) is 1. The van der Waals surface area contributed by atoms with Gasteiger partial charge < -0.3 is 14.5 Å². The van der Waals surface area contributed by atoms with Crippen LogP contribution in [0.15, 0.2) is 110 Å². The molecule has 3 heterocycles. The van der Waals surface area contributed by atoms with Gasteiger partial charge in [0.05, 0.1) is 38.9 Å². The van der Waals surface area contributed by atoms with Crippen LogP contribution >= 0.6 is 22.9 Å². The number of halogens is 1. The van der Waals surface area contributed by atoms with Gasteiger partial charge in [0.25, 0.3) is 17.2 Å². The zero-order valence-electron chi connectivity index (χ0n) is 24.0. The maximum Gasteiger partial charge on any atom is 0.281 e. The maximum absolute atomic E-state index is 14.0. The number of hydrogen-bond acceptors (Lipinski definition) is 8. The Morgan fingerprint density at radius 2 is 1.89 bits per heavy atom. The van der Waals surface area contributed by atoms with Crippen LogP contribution in [-0.4, -0.2) is 22.0 Å². The lowest BCUT2D eigenvalue weighted by molar-refractivity contribution is -0.384. The molecule has 0 saturated carbocycles. The third kappa shape index (κ3) is 5.95. The van der Waals surface area contributed by atoms with Gasteiger partial charge in [-0.15, -0.1) is 0 Å². The summed E-state index contributed by atoms with van der Waals surface area (Å²) in [6.07, 6.45) is 1.56. The van der Waals surface area contributed by atoms with Crippen LogP contribution in [0.3, 0.4) is 0 Å². The number of anilines is 1. The second-order valence-corrected chi connectivity index (χ2v) is 11.5. The number of thiazole rings is 1. The van der Waals surface area contributed by atoms with Crippen molar-refractivity contribution in [2.75, 3.05) is 11.9 Å². The van der Waals surface area contributed by atoms with Crippen molar-refractivity contribution in [2.45, 2.75) is 19.9 Å². The molecule has 1 N–H and O–H groups in total. The monoisotopic (exact) mass is 640 g/mol. The number of hydrogen-bond donors (Lipinski definition) is 1. The number of ether oxygens (including phenoxy) is 1. The number of benzene rings is 3. The Hall–Kier alpha value is -5.26. The molecule has 1 amide bonds. The fourth-order valence-corrected chi connectivity index (χ4v) is 6.32. The summed E-state index contributed by atoms with van der Waals surface area (Å²) < 4.78 is 13.4. The summed E-state index contributed by atoms with van der Waals surface area (Å²) in [6.45, 7) is 4.14. The van der Waals surface area contributed by atoms with Crippen LogP contribution < -0.4 is 24.9 Å². The summed E-state index contributed by atoms with van der Waals surface area (Å²) in [5.74, 6) is 0.852. The van der Waals surface area contributed by atoms with Gasteiger partial charge in [-0.05, 0) is 67.9 Å². The fraction of sp³-hybridized carbons (Fsp3) is 0.121. The van der Waals surface area contributed by atoms with Gasteiger partial charge in [0.15, 0.2) is 4.80 Å². The molecule has 5 aromatic rings. The number of rotatable bonds is 8. The average Bonchev–Trinajstić information content (AvgIpc) is 3.61. The van der Waals surface area contributed by atoms with Crippen LogP contribution in [-0.2, 0) is 4.79 Å². The number of furan rings is 1. The molecule has 1 atom stereocenters. The van der Waals surface area contributed by atoms with Crippen LogP contribution in [0.4, 0.5) is 11.4 Å². The van der Waals surface area contributed by atoms with E-state index in [1.54, 1.807) is 55.5 Å². The van der Waals surface area contributed by atoms with E-state index < -0.39 is 11.0 Å². The van der Waals surface area contributed by atoms with Gasteiger partial charge >= 0.3 is 0 Å². The summed E-state index contributed by atoms with van der Waals surface area (Å²) in [5.41, 5.74) is 1.81. The number of allylic oxidation sites excluding steroid dienone is 1. The molecule has 0 fully saturated rings. The van der Waals surface area contributed by atoms with Gasteiger partial charge in [-0.3, -0.25) is 24.3 Å². The first kappa shape index (κ1) is 29.8. The number of carbonyl (C=O) groups is 1. The van der Waals surface area contributed by atoms with Crippen molar-refractivity contribution >= 4 is 46.3 Å². The van der Waals surface area contributed by atoms with E-state index in [0.29, 0.717) is 50.0 Å². The third-order valence-corrected chi connectivity index (χ3v) is 8.34. The maximum atomic E-state index is 14.0. The molecule has 0 aliphatic carbocycles. The lowest BCUT2D eigenvalue weighted by atomic mass is 9.95. The summed E-state index contributed by atoms with van der Waals surface area (Å²) in [6, 6.07) is 23.1. The van der Waals surface area contributed by atoms with Crippen molar-refractivity contribution in [3.63, 3.8) is 0 Å². The number of nitro groups is 1. The van der Waals surface area contributed by atoms with Crippen LogP contribution in [0.25, 0.3) is 17.4 Å². The van der Waals surface area contributed by atoms with E-state index in [2.05, 4.69) is 10.3 Å². The Morgan fingerprint density at radius 3 is 2.60 bits per heavy atom. The first-order chi connectivity index (χ1) is 21.7. The number of nitrogens with zero attached hydrogens (tertiary/aromatic N) is 3. The molecule has 2 aromatic heterocycles. The van der Waals surface area contributed by atoms with Crippen molar-refractivity contribution in [1.82, 2.24) is 4.57 Å². The molecule has 10 nitrogen and oxygen atoms in total. The second kappa shape index (κ2) is 12.4. The highest BCUT2D eigenvalue weighted by molar-refractivity contribution is 7.07. The molecule has 6 rings (SSSR count). The van der Waals surface area contributed by atoms with Crippen molar-refractivity contribution in [3.8, 4) is 17.1 Å². The number of nitro benzene ring substituents is 1. The van der Waals surface area contributed by atoms with Gasteiger partial charge in [-0.1, -0.05) is 53.3 Å². The molecule has 12 heteroatoms. The molecular weight excluding hydrogens is 616 g/mol. The highest BCUT2D eigenvalue weighted by Crippen LogP contribution is 2.34. The Balaban J connectivity index is 1.44. The normalized spacial score (nSPS) is 14.6. The van der Waals surface area contributed by atoms with Crippen LogP contribution in [0.5, 0.6) is 5.75 Å². The number of para-hydroxylation sites is 1. The van der Waals surface area contributed by atoms with E-state index in [-0.39, 0.29) is 33.5 Å². The highest BCUT2D eigenvalue weighted by atomic mass is 35.5. The molecule has 226 valence electrons. The Bertz CT molecular complexity index is 2150. The lowest BCUT2D eigenvalue weighted by Gasteiger charge is -2.25. The van der Waals surface area contributed by atoms with Crippen molar-refractivity contribution in [2.24, 2.45) is 4.99 Å². The van der Waals surface area contributed by atoms with Gasteiger partial charge in [-0.25, -0.2) is 4.99 Å². The molecule has 0 radical (unpaired) electrons. The minimum absolute atomic E-state index is 0.199. The minimum atomic E-state index is -0.772. The molecule has 3 aromatic carbocycles. The summed E-state index contributed by atoms with van der Waals surface area (Å²) >= 11 is 7.12. The Labute approximate surface area is 265 Å². The molecule has 1 aliphatic heterocycles. The van der Waals surface area contributed by atoms with Gasteiger partial charge in [-0.2, -0.15) is 0 Å². The molecule has 0 spiro atoms. The second-order valence-electron chi connectivity index (χ2n) is 10.0. The fourth-order valence-electron chi connectivity index (χ4n) is 5.13. The number of aromatic nitrogens is 1. The van der Waals surface area contributed by atoms with Crippen LogP contribution in [0.1, 0.15) is 31.2 Å². The van der Waals surface area contributed by atoms with E-state index in [1.807, 2.05) is 37.3 Å². The van der Waals surface area contributed by atoms with E-state index >= 15 is 0 Å². The lowest BCUT2D eigenvalue weighted by Crippen LogP contribution is -2.40. The standard InChI is InChI=1S/C33H25ClN4O6S/c1-3-43-23-12-9-20(10-13-23)30-29(31(39)36-22-7-5-4-6-8-22)19(2)35-33-37(30)32(40)28(45-33)18-24-14-16-27(44-24)25-15-11-21(34)17-26(25)38(41)42/h4-18,30H,3H2,1-2H3,(H,36,39)/b28-18-/t30-/m1/s1. The topological polar surface area (TPSA) is 129 Å². The molecule has 0 unspecified atom stereocenters. The first-order valence-corrected chi connectivity index (χ1v) is 15.1. The van der Waals surface area contributed by atoms with E-state index in [4.69, 9.17) is 20.8 Å². The SMILES string of the molecule is CCOc1ccc([C@@H]2C(C(=O)Nc3ccccc3)=C(C)N=c3s/c(=C\c4ccc(-c5ccc(Cl)cc5[N+](=O)[O-])o4)c(=O)n32)cc1. The van der Waals surface area contributed by atoms with E-state index in [1.165, 1.54) is 16.7 Å². The predicted molar refractivity (Wildman–Crippen MR) is 172 cm³/mol. The largest absolute Gasteiger partial charge is 0.494 e. The Morgan fingerprint density at radius 1 is 1.13 bits per heavy atom. The smallest absolute Gasteiger partial charge is 0.281 e. The molecule has 45 heavy (non-hydrogen) atoms. The quantitative estimate of drug-likeness (QED) is 0.161. The predicted octanol–water partition coefficient (Wildman–Crippen LogP) is 6.09. The van der Waals surface area contributed by atoms with Crippen molar-refractivity contribution in [1.29, 1.82) is 0 Å². The average molecular weight is 641 g/mol. The summed E-state index contributed by atoms with van der Waals surface area (Å²) in [5, 5.41) is 14.8. The number of carbonyl (C=O) groups excluding carboxylic acids is 1. The van der Waals surface area contributed by atoms with E-state index in [0.717, 1.165) is 11.3 Å². The van der Waals surface area contributed by atoms with Gasteiger partial charge in [0.1, 0.15) is 17.3 Å². The van der Waals surface area contributed by atoms with Gasteiger partial charge in [0.2, 0.25) is 0 Å².